The second kappa shape index (κ2) is 6.41. The number of nitrogens with zero attached hydrogens (tertiary/aromatic N) is 2. The molecular formula is C17H17N5O2. The normalized spacial score (nSPS) is 10.5. The Hall–Kier alpha value is -3.35. The zero-order valence-corrected chi connectivity index (χ0v) is 13.1. The van der Waals surface area contributed by atoms with Crippen LogP contribution in [0, 0.1) is 0 Å². The number of nitrogens with one attached hydrogen (secondary N) is 1. The third-order valence-corrected chi connectivity index (χ3v) is 3.55. The van der Waals surface area contributed by atoms with Gasteiger partial charge in [0.25, 0.3) is 0 Å². The van der Waals surface area contributed by atoms with Gasteiger partial charge in [0, 0.05) is 12.2 Å². The maximum atomic E-state index is 11.4. The van der Waals surface area contributed by atoms with Crippen molar-refractivity contribution in [2.24, 2.45) is 0 Å². The molecule has 0 aliphatic heterocycles. The molecule has 3 aromatic rings. The molecule has 7 nitrogen and oxygen atoms in total. The lowest BCUT2D eigenvalue weighted by Crippen LogP contribution is -2.05. The van der Waals surface area contributed by atoms with Crippen molar-refractivity contribution in [3.63, 3.8) is 0 Å². The van der Waals surface area contributed by atoms with Gasteiger partial charge in [-0.15, -0.1) is 0 Å². The number of methoxy groups -OCH3 is 1. The number of nitrogen functional groups attached to an aromatic ring is 2. The SMILES string of the molecule is COC(=O)c1ccc(CNc2cnc3cc(N)cc(N)c3n2)cc1. The van der Waals surface area contributed by atoms with E-state index in [1.54, 1.807) is 30.5 Å². The molecule has 0 saturated heterocycles. The highest BCUT2D eigenvalue weighted by atomic mass is 16.5. The fourth-order valence-electron chi connectivity index (χ4n) is 2.32. The minimum absolute atomic E-state index is 0.357. The summed E-state index contributed by atoms with van der Waals surface area (Å²) in [5, 5.41) is 3.18. The highest BCUT2D eigenvalue weighted by Gasteiger charge is 2.06. The number of hydrogen-bond acceptors (Lipinski definition) is 7. The summed E-state index contributed by atoms with van der Waals surface area (Å²) < 4.78 is 4.67. The van der Waals surface area contributed by atoms with E-state index in [4.69, 9.17) is 11.5 Å². The molecule has 0 fully saturated rings. The predicted octanol–water partition coefficient (Wildman–Crippen LogP) is 2.19. The quantitative estimate of drug-likeness (QED) is 0.498. The largest absolute Gasteiger partial charge is 0.465 e. The molecule has 0 spiro atoms. The molecule has 0 bridgehead atoms. The van der Waals surface area contributed by atoms with E-state index in [2.05, 4.69) is 20.0 Å². The Morgan fingerprint density at radius 1 is 1.21 bits per heavy atom. The maximum Gasteiger partial charge on any atom is 0.337 e. The summed E-state index contributed by atoms with van der Waals surface area (Å²) in [5.74, 6) is 0.251. The minimum atomic E-state index is -0.357. The summed E-state index contributed by atoms with van der Waals surface area (Å²) in [6, 6.07) is 10.5. The molecular weight excluding hydrogens is 306 g/mol. The topological polar surface area (TPSA) is 116 Å². The van der Waals surface area contributed by atoms with E-state index in [-0.39, 0.29) is 5.97 Å². The second-order valence-corrected chi connectivity index (χ2v) is 5.28. The van der Waals surface area contributed by atoms with E-state index < -0.39 is 0 Å². The molecule has 0 radical (unpaired) electrons. The van der Waals surface area contributed by atoms with Crippen molar-refractivity contribution in [3.05, 3.63) is 53.7 Å². The van der Waals surface area contributed by atoms with E-state index >= 15 is 0 Å². The Morgan fingerprint density at radius 2 is 1.96 bits per heavy atom. The van der Waals surface area contributed by atoms with Crippen molar-refractivity contribution in [2.75, 3.05) is 23.9 Å². The van der Waals surface area contributed by atoms with Gasteiger partial charge in [-0.1, -0.05) is 12.1 Å². The standard InChI is InChI=1S/C17H17N5O2/c1-24-17(23)11-4-2-10(3-5-11)8-21-15-9-20-14-7-12(18)6-13(19)16(14)22-15/h2-7,9H,8,18-19H2,1H3,(H,21,22). The van der Waals surface area contributed by atoms with E-state index in [1.807, 2.05) is 12.1 Å². The highest BCUT2D eigenvalue weighted by Crippen LogP contribution is 2.22. The fourth-order valence-corrected chi connectivity index (χ4v) is 2.32. The average molecular weight is 323 g/mol. The monoisotopic (exact) mass is 323 g/mol. The Balaban J connectivity index is 1.74. The van der Waals surface area contributed by atoms with E-state index in [9.17, 15) is 4.79 Å². The summed E-state index contributed by atoms with van der Waals surface area (Å²) in [6.45, 7) is 0.538. The van der Waals surface area contributed by atoms with Crippen LogP contribution in [-0.4, -0.2) is 23.0 Å². The van der Waals surface area contributed by atoms with Crippen LogP contribution in [0.25, 0.3) is 11.0 Å². The van der Waals surface area contributed by atoms with Gasteiger partial charge in [0.05, 0.1) is 30.1 Å². The summed E-state index contributed by atoms with van der Waals surface area (Å²) in [7, 11) is 1.36. The Bertz CT molecular complexity index is 893. The van der Waals surface area contributed by atoms with Gasteiger partial charge >= 0.3 is 5.97 Å². The van der Waals surface area contributed by atoms with Crippen LogP contribution >= 0.6 is 0 Å². The predicted molar refractivity (Wildman–Crippen MR) is 93.5 cm³/mol. The molecule has 0 aliphatic rings. The van der Waals surface area contributed by atoms with Crippen LogP contribution in [-0.2, 0) is 11.3 Å². The molecule has 5 N–H and O–H groups in total. The number of anilines is 3. The first kappa shape index (κ1) is 15.5. The number of nitrogens with two attached hydrogens (primary N) is 2. The first-order chi connectivity index (χ1) is 11.6. The Labute approximate surface area is 138 Å². The number of fused-ring (bicyclic) bond motifs is 1. The highest BCUT2D eigenvalue weighted by molar-refractivity contribution is 5.90. The Kier molecular flexibility index (Phi) is 4.15. The lowest BCUT2D eigenvalue weighted by Gasteiger charge is -2.08. The van der Waals surface area contributed by atoms with E-state index in [1.165, 1.54) is 7.11 Å². The maximum absolute atomic E-state index is 11.4. The number of aromatic nitrogens is 2. The number of hydrogen-bond donors (Lipinski definition) is 3. The van der Waals surface area contributed by atoms with Gasteiger partial charge in [-0.05, 0) is 29.8 Å². The molecule has 24 heavy (non-hydrogen) atoms. The smallest absolute Gasteiger partial charge is 0.337 e. The molecule has 2 aromatic carbocycles. The molecule has 0 saturated carbocycles. The van der Waals surface area contributed by atoms with Crippen molar-refractivity contribution in [1.29, 1.82) is 0 Å². The summed E-state index contributed by atoms with van der Waals surface area (Å²) >= 11 is 0. The molecule has 0 unspecified atom stereocenters. The molecule has 122 valence electrons. The van der Waals surface area contributed by atoms with Crippen LogP contribution in [0.3, 0.4) is 0 Å². The van der Waals surface area contributed by atoms with Gasteiger partial charge in [-0.25, -0.2) is 9.78 Å². The van der Waals surface area contributed by atoms with Gasteiger partial charge < -0.3 is 21.5 Å². The first-order valence-electron chi connectivity index (χ1n) is 7.29. The lowest BCUT2D eigenvalue weighted by molar-refractivity contribution is 0.0600. The average Bonchev–Trinajstić information content (AvgIpc) is 2.60. The fraction of sp³-hybridized carbons (Fsp3) is 0.118. The molecule has 7 heteroatoms. The zero-order chi connectivity index (χ0) is 17.1. The van der Waals surface area contributed by atoms with Gasteiger partial charge in [0.1, 0.15) is 11.3 Å². The molecule has 1 heterocycles. The Morgan fingerprint density at radius 3 is 2.67 bits per heavy atom. The molecule has 3 rings (SSSR count). The number of carbonyl (C=O) groups excluding carboxylic acids is 1. The summed E-state index contributed by atoms with van der Waals surface area (Å²) in [5.41, 5.74) is 15.5. The van der Waals surface area contributed by atoms with Crippen molar-refractivity contribution >= 4 is 34.2 Å². The second-order valence-electron chi connectivity index (χ2n) is 5.28. The van der Waals surface area contributed by atoms with Gasteiger partial charge in [0.2, 0.25) is 0 Å². The van der Waals surface area contributed by atoms with Crippen LogP contribution in [0.4, 0.5) is 17.2 Å². The van der Waals surface area contributed by atoms with E-state index in [0.29, 0.717) is 40.3 Å². The van der Waals surface area contributed by atoms with Crippen LogP contribution in [0.5, 0.6) is 0 Å². The van der Waals surface area contributed by atoms with Crippen LogP contribution in [0.15, 0.2) is 42.6 Å². The number of rotatable bonds is 4. The number of benzene rings is 2. The molecule has 0 aliphatic carbocycles. The summed E-state index contributed by atoms with van der Waals surface area (Å²) in [4.78, 5) is 20.2. The van der Waals surface area contributed by atoms with Crippen molar-refractivity contribution in [2.45, 2.75) is 6.54 Å². The number of esters is 1. The van der Waals surface area contributed by atoms with Gasteiger partial charge in [-0.2, -0.15) is 0 Å². The van der Waals surface area contributed by atoms with Gasteiger partial charge in [-0.3, -0.25) is 4.98 Å². The minimum Gasteiger partial charge on any atom is -0.465 e. The third-order valence-electron chi connectivity index (χ3n) is 3.55. The molecule has 0 atom stereocenters. The molecule has 0 amide bonds. The lowest BCUT2D eigenvalue weighted by atomic mass is 10.1. The van der Waals surface area contributed by atoms with Crippen LogP contribution < -0.4 is 16.8 Å². The van der Waals surface area contributed by atoms with E-state index in [0.717, 1.165) is 5.56 Å². The third kappa shape index (κ3) is 3.19. The molecule has 1 aromatic heterocycles. The van der Waals surface area contributed by atoms with Crippen molar-refractivity contribution in [3.8, 4) is 0 Å². The van der Waals surface area contributed by atoms with Crippen molar-refractivity contribution < 1.29 is 9.53 Å². The zero-order valence-electron chi connectivity index (χ0n) is 13.1. The van der Waals surface area contributed by atoms with Crippen molar-refractivity contribution in [1.82, 2.24) is 9.97 Å². The van der Waals surface area contributed by atoms with Crippen LogP contribution in [0.1, 0.15) is 15.9 Å². The van der Waals surface area contributed by atoms with Crippen LogP contribution in [0.2, 0.25) is 0 Å². The number of ether oxygens (including phenoxy) is 1. The van der Waals surface area contributed by atoms with Gasteiger partial charge in [0.15, 0.2) is 0 Å². The number of carbonyl (C=O) groups is 1. The summed E-state index contributed by atoms with van der Waals surface area (Å²) in [6.07, 6.45) is 1.63. The first-order valence-corrected chi connectivity index (χ1v) is 7.29.